The van der Waals surface area contributed by atoms with E-state index < -0.39 is 0 Å². The Balaban J connectivity index is 1.79. The van der Waals surface area contributed by atoms with Gasteiger partial charge in [0.1, 0.15) is 11.5 Å². The van der Waals surface area contributed by atoms with E-state index in [1.54, 1.807) is 0 Å². The third-order valence-corrected chi connectivity index (χ3v) is 5.42. The lowest BCUT2D eigenvalue weighted by Crippen LogP contribution is -1.98. The van der Waals surface area contributed by atoms with Crippen LogP contribution in [0.25, 0.3) is 27.7 Å². The second-order valence-electron chi connectivity index (χ2n) is 7.60. The number of fused-ring (bicyclic) bond motifs is 3. The molecule has 0 bridgehead atoms. The monoisotopic (exact) mass is 357 g/mol. The summed E-state index contributed by atoms with van der Waals surface area (Å²) in [6, 6.07) is 6.30. The van der Waals surface area contributed by atoms with Crippen molar-refractivity contribution in [3.63, 3.8) is 0 Å². The first-order valence-corrected chi connectivity index (χ1v) is 9.67. The summed E-state index contributed by atoms with van der Waals surface area (Å²) in [6.07, 6.45) is 10.6. The minimum Gasteiger partial charge on any atom is -0.384 e. The quantitative estimate of drug-likeness (QED) is 0.576. The number of imidazole rings is 1. The molecule has 0 aliphatic heterocycles. The van der Waals surface area contributed by atoms with E-state index in [0.29, 0.717) is 11.7 Å². The molecule has 0 saturated heterocycles. The van der Waals surface area contributed by atoms with E-state index >= 15 is 0 Å². The molecule has 0 radical (unpaired) electrons. The van der Waals surface area contributed by atoms with Crippen LogP contribution in [0.15, 0.2) is 36.8 Å². The van der Waals surface area contributed by atoms with Crippen molar-refractivity contribution in [2.45, 2.75) is 45.4 Å². The van der Waals surface area contributed by atoms with Gasteiger partial charge in [-0.1, -0.05) is 13.3 Å². The molecular formula is C22H23N5. The summed E-state index contributed by atoms with van der Waals surface area (Å²) in [7, 11) is 0. The minimum atomic E-state index is 0.528. The molecule has 1 fully saturated rings. The van der Waals surface area contributed by atoms with Crippen LogP contribution in [0.3, 0.4) is 0 Å². The molecule has 2 N–H and O–H groups in total. The second kappa shape index (κ2) is 6.05. The molecular weight excluding hydrogens is 334 g/mol. The SMILES string of the molecule is CCCc1cc(C)c(-c2cc3cnc(N)cc3n3cc(C4CC4)nc23)cn1. The van der Waals surface area contributed by atoms with Gasteiger partial charge >= 0.3 is 0 Å². The summed E-state index contributed by atoms with van der Waals surface area (Å²) < 4.78 is 2.18. The van der Waals surface area contributed by atoms with E-state index in [-0.39, 0.29) is 0 Å². The number of nitrogen functional groups attached to an aromatic ring is 1. The number of aryl methyl sites for hydroxylation is 2. The maximum Gasteiger partial charge on any atom is 0.145 e. The van der Waals surface area contributed by atoms with E-state index in [1.165, 1.54) is 24.1 Å². The first-order chi connectivity index (χ1) is 13.1. The molecule has 1 aliphatic carbocycles. The van der Waals surface area contributed by atoms with Gasteiger partial charge in [-0.25, -0.2) is 9.97 Å². The second-order valence-corrected chi connectivity index (χ2v) is 7.60. The number of aromatic nitrogens is 4. The zero-order valence-electron chi connectivity index (χ0n) is 15.7. The van der Waals surface area contributed by atoms with E-state index in [4.69, 9.17) is 10.7 Å². The highest BCUT2D eigenvalue weighted by Gasteiger charge is 2.27. The molecule has 5 nitrogen and oxygen atoms in total. The van der Waals surface area contributed by atoms with Gasteiger partial charge in [0, 0.05) is 52.8 Å². The number of rotatable bonds is 4. The molecule has 5 heteroatoms. The van der Waals surface area contributed by atoms with Gasteiger partial charge in [-0.2, -0.15) is 0 Å². The summed E-state index contributed by atoms with van der Waals surface area (Å²) in [5.74, 6) is 1.12. The molecule has 1 saturated carbocycles. The van der Waals surface area contributed by atoms with Crippen molar-refractivity contribution in [2.75, 3.05) is 5.73 Å². The molecule has 4 aromatic rings. The molecule has 27 heavy (non-hydrogen) atoms. The van der Waals surface area contributed by atoms with Gasteiger partial charge in [0.25, 0.3) is 0 Å². The maximum atomic E-state index is 5.96. The topological polar surface area (TPSA) is 69.1 Å². The molecule has 0 atom stereocenters. The van der Waals surface area contributed by atoms with Crippen molar-refractivity contribution >= 4 is 22.4 Å². The normalized spacial score (nSPS) is 14.3. The average molecular weight is 357 g/mol. The predicted octanol–water partition coefficient (Wildman–Crippen LogP) is 4.67. The van der Waals surface area contributed by atoms with Crippen LogP contribution < -0.4 is 5.73 Å². The van der Waals surface area contributed by atoms with E-state index in [9.17, 15) is 0 Å². The highest BCUT2D eigenvalue weighted by molar-refractivity contribution is 5.92. The number of anilines is 1. The average Bonchev–Trinajstić information content (AvgIpc) is 3.40. The van der Waals surface area contributed by atoms with Crippen molar-refractivity contribution in [1.82, 2.24) is 19.4 Å². The highest BCUT2D eigenvalue weighted by atomic mass is 15.0. The Morgan fingerprint density at radius 1 is 1.11 bits per heavy atom. The Morgan fingerprint density at radius 2 is 1.96 bits per heavy atom. The van der Waals surface area contributed by atoms with Crippen LogP contribution in [0.4, 0.5) is 5.82 Å². The number of hydrogen-bond acceptors (Lipinski definition) is 4. The fourth-order valence-corrected chi connectivity index (χ4v) is 3.85. The lowest BCUT2D eigenvalue weighted by atomic mass is 10.0. The molecule has 0 amide bonds. The molecule has 4 aromatic heterocycles. The van der Waals surface area contributed by atoms with Crippen LogP contribution in [0.1, 0.15) is 49.1 Å². The van der Waals surface area contributed by atoms with Crippen molar-refractivity contribution < 1.29 is 0 Å². The van der Waals surface area contributed by atoms with Crippen molar-refractivity contribution in [2.24, 2.45) is 0 Å². The van der Waals surface area contributed by atoms with Crippen LogP contribution in [0, 0.1) is 6.92 Å². The van der Waals surface area contributed by atoms with Gasteiger partial charge in [0.2, 0.25) is 0 Å². The highest BCUT2D eigenvalue weighted by Crippen LogP contribution is 2.41. The minimum absolute atomic E-state index is 0.528. The van der Waals surface area contributed by atoms with Gasteiger partial charge in [-0.05, 0) is 43.9 Å². The van der Waals surface area contributed by atoms with Crippen molar-refractivity contribution in [3.05, 3.63) is 53.7 Å². The summed E-state index contributed by atoms with van der Waals surface area (Å²) in [4.78, 5) is 14.0. The van der Waals surface area contributed by atoms with Crippen LogP contribution >= 0.6 is 0 Å². The van der Waals surface area contributed by atoms with Gasteiger partial charge in [-0.15, -0.1) is 0 Å². The smallest absolute Gasteiger partial charge is 0.145 e. The summed E-state index contributed by atoms with van der Waals surface area (Å²) in [5.41, 5.74) is 13.8. The fourth-order valence-electron chi connectivity index (χ4n) is 3.85. The van der Waals surface area contributed by atoms with Crippen LogP contribution in [0.5, 0.6) is 0 Å². The van der Waals surface area contributed by atoms with Gasteiger partial charge in [0.05, 0.1) is 11.2 Å². The Labute approximate surface area is 158 Å². The molecule has 4 heterocycles. The Kier molecular flexibility index (Phi) is 3.64. The summed E-state index contributed by atoms with van der Waals surface area (Å²) in [5, 5.41) is 1.06. The van der Waals surface area contributed by atoms with Crippen molar-refractivity contribution in [3.8, 4) is 11.1 Å². The molecule has 0 aromatic carbocycles. The first-order valence-electron chi connectivity index (χ1n) is 9.67. The van der Waals surface area contributed by atoms with Crippen LogP contribution in [0.2, 0.25) is 0 Å². The van der Waals surface area contributed by atoms with Gasteiger partial charge in [-0.3, -0.25) is 9.38 Å². The van der Waals surface area contributed by atoms with Gasteiger partial charge in [0.15, 0.2) is 0 Å². The summed E-state index contributed by atoms with van der Waals surface area (Å²) in [6.45, 7) is 4.34. The van der Waals surface area contributed by atoms with E-state index in [1.807, 2.05) is 18.5 Å². The fraction of sp³-hybridized carbons (Fsp3) is 0.318. The molecule has 0 spiro atoms. The Bertz CT molecular complexity index is 1170. The molecule has 0 unspecified atom stereocenters. The third-order valence-electron chi connectivity index (χ3n) is 5.42. The zero-order chi connectivity index (χ0) is 18.5. The first kappa shape index (κ1) is 16.2. The van der Waals surface area contributed by atoms with Crippen molar-refractivity contribution in [1.29, 1.82) is 0 Å². The van der Waals surface area contributed by atoms with E-state index in [2.05, 4.69) is 46.5 Å². The largest absolute Gasteiger partial charge is 0.384 e. The number of nitrogens with two attached hydrogens (primary N) is 1. The predicted molar refractivity (Wildman–Crippen MR) is 109 cm³/mol. The standard InChI is InChI=1S/C22H23N5/c1-3-4-16-7-13(2)18(11-24-16)17-8-15-10-25-21(23)9-20(15)27-12-19(14-5-6-14)26-22(17)27/h7-12,14H,3-6H2,1-2H3,(H2,23,25). The Morgan fingerprint density at radius 3 is 2.70 bits per heavy atom. The number of hydrogen-bond donors (Lipinski definition) is 1. The maximum absolute atomic E-state index is 5.96. The lowest BCUT2D eigenvalue weighted by Gasteiger charge is -2.11. The molecule has 5 rings (SSSR count). The van der Waals surface area contributed by atoms with Crippen LogP contribution in [-0.2, 0) is 6.42 Å². The van der Waals surface area contributed by atoms with E-state index in [0.717, 1.165) is 46.2 Å². The summed E-state index contributed by atoms with van der Waals surface area (Å²) >= 11 is 0. The molecule has 136 valence electrons. The van der Waals surface area contributed by atoms with Crippen LogP contribution in [-0.4, -0.2) is 19.4 Å². The molecule has 1 aliphatic rings. The Hall–Kier alpha value is -2.95. The lowest BCUT2D eigenvalue weighted by molar-refractivity contribution is 0.880. The number of pyridine rings is 3. The van der Waals surface area contributed by atoms with Gasteiger partial charge < -0.3 is 5.73 Å². The number of nitrogens with zero attached hydrogens (tertiary/aromatic N) is 4. The zero-order valence-corrected chi connectivity index (χ0v) is 15.7. The third kappa shape index (κ3) is 2.74.